The number of nitrogens with one attached hydrogen (secondary N) is 1. The van der Waals surface area contributed by atoms with E-state index in [0.29, 0.717) is 34.2 Å². The molecule has 1 heterocycles. The highest BCUT2D eigenvalue weighted by Crippen LogP contribution is 2.28. The minimum Gasteiger partial charge on any atom is -0.399 e. The van der Waals surface area contributed by atoms with Gasteiger partial charge < -0.3 is 26.3 Å². The summed E-state index contributed by atoms with van der Waals surface area (Å²) in [6.45, 7) is 4.29. The molecule has 17 nitrogen and oxygen atoms in total. The molecule has 0 spiro atoms. The molecule has 7 N–H and O–H groups in total. The lowest BCUT2D eigenvalue weighted by molar-refractivity contribution is 0.103. The number of rotatable bonds is 15. The zero-order chi connectivity index (χ0) is 32.2. The second-order valence-corrected chi connectivity index (χ2v) is 10.8. The summed E-state index contributed by atoms with van der Waals surface area (Å²) >= 11 is 1.16. The Bertz CT molecular complexity index is 1420. The summed E-state index contributed by atoms with van der Waals surface area (Å²) in [5.41, 5.74) is 15.0. The second kappa shape index (κ2) is 20.4. The average Bonchev–Trinajstić information content (AvgIpc) is 3.19. The Morgan fingerprint density at radius 1 is 0.929 bits per heavy atom. The molecule has 0 aliphatic rings. The topological polar surface area (TPSA) is 287 Å². The molecule has 1 aromatic carbocycles. The van der Waals surface area contributed by atoms with Gasteiger partial charge in [-0.05, 0) is 43.2 Å². The number of nitrogens with zero attached hydrogens (tertiary/aromatic N) is 3. The quantitative estimate of drug-likeness (QED) is 0.0793. The van der Waals surface area contributed by atoms with Crippen molar-refractivity contribution in [2.45, 2.75) is 13.8 Å². The van der Waals surface area contributed by atoms with E-state index < -0.39 is 20.8 Å². The van der Waals surface area contributed by atoms with Crippen molar-refractivity contribution in [2.24, 2.45) is 5.18 Å². The summed E-state index contributed by atoms with van der Waals surface area (Å²) in [4.78, 5) is 10.0. The standard InChI is InChI=1S/C11H18N2O5S.C7H5N3S.C4H9NO6S/c1-9-8-10(2-3-11(9)12)13-4-5-17-6-7-18-19(14,15)16;1-4-5(2-8)7(10)11-6(4)3-9;6-5-1-2-10-3-4-11-12(7,8)9/h2-3,8,13H,4-7,12H2,1H3,(H,14,15,16);10H2,1H3;1-4H2,(H,7,8,9). The van der Waals surface area contributed by atoms with E-state index in [-0.39, 0.29) is 39.6 Å². The molecule has 0 saturated carbocycles. The number of aryl methyl sites for hydroxylation is 1. The fraction of sp³-hybridized carbons (Fsp3) is 0.455. The van der Waals surface area contributed by atoms with E-state index in [1.54, 1.807) is 6.92 Å². The first-order valence-electron chi connectivity index (χ1n) is 11.6. The van der Waals surface area contributed by atoms with Crippen molar-refractivity contribution in [3.8, 4) is 12.1 Å². The van der Waals surface area contributed by atoms with E-state index in [0.717, 1.165) is 28.3 Å². The van der Waals surface area contributed by atoms with Crippen molar-refractivity contribution >= 4 is 48.5 Å². The highest BCUT2D eigenvalue weighted by molar-refractivity contribution is 7.81. The minimum absolute atomic E-state index is 0.00583. The fourth-order valence-electron chi connectivity index (χ4n) is 2.54. The summed E-state index contributed by atoms with van der Waals surface area (Å²) in [6.07, 6.45) is 0. The highest BCUT2D eigenvalue weighted by atomic mass is 32.3. The summed E-state index contributed by atoms with van der Waals surface area (Å²) < 4.78 is 74.4. The van der Waals surface area contributed by atoms with Crippen LogP contribution in [-0.2, 0) is 38.6 Å². The van der Waals surface area contributed by atoms with Gasteiger partial charge in [-0.3, -0.25) is 9.11 Å². The summed E-state index contributed by atoms with van der Waals surface area (Å²) in [5, 5.41) is 23.2. The summed E-state index contributed by atoms with van der Waals surface area (Å²) in [6, 6.07) is 9.54. The Kier molecular flexibility index (Phi) is 18.8. The molecule has 0 bridgehead atoms. The maximum absolute atomic E-state index is 10.2. The van der Waals surface area contributed by atoms with Gasteiger partial charge >= 0.3 is 20.8 Å². The Labute approximate surface area is 247 Å². The maximum Gasteiger partial charge on any atom is 0.397 e. The fourth-order valence-corrected chi connectivity index (χ4v) is 3.92. The molecule has 0 atom stereocenters. The van der Waals surface area contributed by atoms with Gasteiger partial charge in [-0.15, -0.1) is 11.3 Å². The van der Waals surface area contributed by atoms with Crippen molar-refractivity contribution in [1.82, 2.24) is 0 Å². The molecular weight excluding hydrogens is 620 g/mol. The van der Waals surface area contributed by atoms with E-state index in [1.165, 1.54) is 0 Å². The predicted octanol–water partition coefficient (Wildman–Crippen LogP) is 1.80. The van der Waals surface area contributed by atoms with Crippen LogP contribution < -0.4 is 16.8 Å². The molecule has 0 saturated heterocycles. The molecule has 0 amide bonds. The van der Waals surface area contributed by atoms with E-state index in [9.17, 15) is 21.7 Å². The lowest BCUT2D eigenvalue weighted by Gasteiger charge is -2.09. The molecule has 0 unspecified atom stereocenters. The third kappa shape index (κ3) is 18.8. The molecule has 0 aliphatic carbocycles. The summed E-state index contributed by atoms with van der Waals surface area (Å²) in [7, 11) is -8.76. The first-order chi connectivity index (χ1) is 19.6. The number of thiophene rings is 1. The van der Waals surface area contributed by atoms with Crippen LogP contribution in [0, 0.1) is 41.4 Å². The molecular formula is C22H32N6O11S3. The molecule has 2 rings (SSSR count). The van der Waals surface area contributed by atoms with Crippen molar-refractivity contribution in [3.05, 3.63) is 44.7 Å². The van der Waals surface area contributed by atoms with Crippen molar-refractivity contribution < 1.29 is 43.8 Å². The molecule has 234 valence electrons. The van der Waals surface area contributed by atoms with Gasteiger partial charge in [0.05, 0.1) is 45.2 Å². The third-order valence-electron chi connectivity index (χ3n) is 4.48. The van der Waals surface area contributed by atoms with Crippen LogP contribution in [0.2, 0.25) is 0 Å². The Morgan fingerprint density at radius 2 is 1.50 bits per heavy atom. The third-order valence-corrected chi connectivity index (χ3v) is 6.43. The van der Waals surface area contributed by atoms with Crippen molar-refractivity contribution in [2.75, 3.05) is 69.5 Å². The zero-order valence-electron chi connectivity index (χ0n) is 22.7. The van der Waals surface area contributed by atoms with E-state index >= 15 is 0 Å². The Hall–Kier alpha value is -3.44. The Balaban J connectivity index is 0.000000635. The first kappa shape index (κ1) is 38.6. The number of ether oxygens (including phenoxy) is 2. The lowest BCUT2D eigenvalue weighted by atomic mass is 10.2. The van der Waals surface area contributed by atoms with E-state index in [2.05, 4.69) is 23.6 Å². The van der Waals surface area contributed by atoms with Crippen LogP contribution in [-0.4, -0.2) is 78.7 Å². The van der Waals surface area contributed by atoms with Gasteiger partial charge in [0, 0.05) is 17.9 Å². The number of nitriles is 2. The molecule has 0 radical (unpaired) electrons. The largest absolute Gasteiger partial charge is 0.399 e. The minimum atomic E-state index is -4.38. The SMILES string of the molecule is Cc1c(C#N)sc(N)c1C#N.Cc1cc(NCCOCCOS(=O)(=O)O)ccc1N.O=NCCOCCOS(=O)(=O)O. The van der Waals surface area contributed by atoms with Gasteiger partial charge in [0.25, 0.3) is 0 Å². The van der Waals surface area contributed by atoms with Crippen LogP contribution in [0.5, 0.6) is 0 Å². The lowest BCUT2D eigenvalue weighted by Crippen LogP contribution is -2.14. The number of hydrogen-bond acceptors (Lipinski definition) is 16. The monoisotopic (exact) mass is 652 g/mol. The molecule has 2 aromatic rings. The molecule has 1 aromatic heterocycles. The number of anilines is 3. The van der Waals surface area contributed by atoms with Crippen molar-refractivity contribution in [1.29, 1.82) is 10.5 Å². The van der Waals surface area contributed by atoms with E-state index in [1.807, 2.05) is 37.3 Å². The van der Waals surface area contributed by atoms with Gasteiger partial charge in [0.2, 0.25) is 0 Å². The van der Waals surface area contributed by atoms with Crippen LogP contribution in [0.1, 0.15) is 21.6 Å². The predicted molar refractivity (Wildman–Crippen MR) is 154 cm³/mol. The van der Waals surface area contributed by atoms with Crippen LogP contribution >= 0.6 is 11.3 Å². The molecule has 0 aliphatic heterocycles. The maximum atomic E-state index is 10.2. The molecule has 20 heteroatoms. The van der Waals surface area contributed by atoms with Gasteiger partial charge in [-0.2, -0.15) is 32.3 Å². The highest BCUT2D eigenvalue weighted by Gasteiger charge is 2.11. The molecule has 42 heavy (non-hydrogen) atoms. The number of nitroso groups, excluding NO2 is 1. The number of nitrogen functional groups attached to an aromatic ring is 2. The molecule has 0 fully saturated rings. The van der Waals surface area contributed by atoms with Crippen LogP contribution in [0.25, 0.3) is 0 Å². The van der Waals surface area contributed by atoms with Crippen LogP contribution in [0.3, 0.4) is 0 Å². The van der Waals surface area contributed by atoms with Gasteiger partial charge in [0.1, 0.15) is 28.6 Å². The number of hydrogen-bond donors (Lipinski definition) is 5. The number of benzene rings is 1. The first-order valence-corrected chi connectivity index (χ1v) is 15.2. The normalized spacial score (nSPS) is 10.7. The summed E-state index contributed by atoms with van der Waals surface area (Å²) in [5.74, 6) is 0. The van der Waals surface area contributed by atoms with Crippen LogP contribution in [0.4, 0.5) is 16.4 Å². The van der Waals surface area contributed by atoms with Gasteiger partial charge in [-0.1, -0.05) is 5.18 Å². The average molecular weight is 653 g/mol. The Morgan fingerprint density at radius 3 is 1.93 bits per heavy atom. The van der Waals surface area contributed by atoms with Crippen molar-refractivity contribution in [3.63, 3.8) is 0 Å². The second-order valence-electron chi connectivity index (χ2n) is 7.59. The smallest absolute Gasteiger partial charge is 0.397 e. The van der Waals surface area contributed by atoms with Gasteiger partial charge in [-0.25, -0.2) is 8.37 Å². The van der Waals surface area contributed by atoms with Gasteiger partial charge in [0.15, 0.2) is 0 Å². The zero-order valence-corrected chi connectivity index (χ0v) is 25.1. The van der Waals surface area contributed by atoms with Crippen LogP contribution in [0.15, 0.2) is 23.4 Å². The van der Waals surface area contributed by atoms with E-state index in [4.69, 9.17) is 35.8 Å². The number of nitrogens with two attached hydrogens (primary N) is 2.